The highest BCUT2D eigenvalue weighted by atomic mass is 35.5. The molecule has 1 aromatic heterocycles. The Labute approximate surface area is 124 Å². The lowest BCUT2D eigenvalue weighted by Crippen LogP contribution is -1.98. The second-order valence-corrected chi connectivity index (χ2v) is 4.81. The minimum absolute atomic E-state index is 0.175. The highest BCUT2D eigenvalue weighted by molar-refractivity contribution is 6.32. The zero-order valence-electron chi connectivity index (χ0n) is 10.6. The molecule has 0 atom stereocenters. The number of carbonyl (C=O) groups is 1. The van der Waals surface area contributed by atoms with E-state index in [1.54, 1.807) is 41.2 Å². The largest absolute Gasteiger partial charge is 0.478 e. The van der Waals surface area contributed by atoms with Gasteiger partial charge >= 0.3 is 5.97 Å². The lowest BCUT2D eigenvalue weighted by molar-refractivity contribution is 0.0697. The molecule has 5 nitrogen and oxygen atoms in total. The second-order valence-electron chi connectivity index (χ2n) is 4.40. The molecule has 0 bridgehead atoms. The first-order valence-corrected chi connectivity index (χ1v) is 6.38. The Morgan fingerprint density at radius 2 is 2.10 bits per heavy atom. The Kier molecular flexibility index (Phi) is 3.09. The van der Waals surface area contributed by atoms with Gasteiger partial charge in [0.25, 0.3) is 0 Å². The Balaban J connectivity index is 2.23. The van der Waals surface area contributed by atoms with Crippen LogP contribution in [0.5, 0.6) is 0 Å². The van der Waals surface area contributed by atoms with Crippen LogP contribution in [0.25, 0.3) is 16.7 Å². The van der Waals surface area contributed by atoms with E-state index in [1.807, 2.05) is 6.07 Å². The molecule has 0 fully saturated rings. The van der Waals surface area contributed by atoms with Gasteiger partial charge in [-0.15, -0.1) is 0 Å². The van der Waals surface area contributed by atoms with Crippen LogP contribution in [0.4, 0.5) is 0 Å². The predicted octanol–water partition coefficient (Wildman–Crippen LogP) is 3.25. The molecule has 3 rings (SSSR count). The van der Waals surface area contributed by atoms with Gasteiger partial charge < -0.3 is 5.11 Å². The van der Waals surface area contributed by atoms with Crippen molar-refractivity contribution in [2.24, 2.45) is 0 Å². The fourth-order valence-electron chi connectivity index (χ4n) is 2.10. The predicted molar refractivity (Wildman–Crippen MR) is 77.8 cm³/mol. The van der Waals surface area contributed by atoms with Crippen molar-refractivity contribution >= 4 is 28.6 Å². The number of benzene rings is 2. The van der Waals surface area contributed by atoms with E-state index in [-0.39, 0.29) is 5.56 Å². The van der Waals surface area contributed by atoms with Crippen molar-refractivity contribution in [1.82, 2.24) is 9.55 Å². The van der Waals surface area contributed by atoms with Gasteiger partial charge in [-0.1, -0.05) is 11.6 Å². The number of hydrogen-bond acceptors (Lipinski definition) is 3. The molecule has 102 valence electrons. The van der Waals surface area contributed by atoms with Crippen molar-refractivity contribution in [2.45, 2.75) is 0 Å². The van der Waals surface area contributed by atoms with Crippen LogP contribution >= 0.6 is 11.6 Å². The Morgan fingerprint density at radius 1 is 1.29 bits per heavy atom. The Morgan fingerprint density at radius 3 is 2.76 bits per heavy atom. The fraction of sp³-hybridized carbons (Fsp3) is 0. The van der Waals surface area contributed by atoms with Gasteiger partial charge in [0.1, 0.15) is 6.33 Å². The molecule has 0 radical (unpaired) electrons. The quantitative estimate of drug-likeness (QED) is 0.787. The first kappa shape index (κ1) is 13.2. The third-order valence-electron chi connectivity index (χ3n) is 3.13. The summed E-state index contributed by atoms with van der Waals surface area (Å²) in [4.78, 5) is 15.3. The van der Waals surface area contributed by atoms with E-state index in [0.29, 0.717) is 27.3 Å². The van der Waals surface area contributed by atoms with E-state index in [2.05, 4.69) is 4.98 Å². The van der Waals surface area contributed by atoms with Gasteiger partial charge in [-0.3, -0.25) is 4.57 Å². The summed E-state index contributed by atoms with van der Waals surface area (Å²) in [5.74, 6) is -1.00. The molecule has 6 heteroatoms. The molecule has 0 aliphatic heterocycles. The molecule has 0 amide bonds. The lowest BCUT2D eigenvalue weighted by Gasteiger charge is -2.07. The summed E-state index contributed by atoms with van der Waals surface area (Å²) in [5, 5.41) is 18.3. The second kappa shape index (κ2) is 4.93. The topological polar surface area (TPSA) is 78.9 Å². The van der Waals surface area contributed by atoms with E-state index in [9.17, 15) is 4.79 Å². The summed E-state index contributed by atoms with van der Waals surface area (Å²) in [7, 11) is 0. The summed E-state index contributed by atoms with van der Waals surface area (Å²) < 4.78 is 1.70. The molecule has 0 saturated carbocycles. The third-order valence-corrected chi connectivity index (χ3v) is 3.43. The van der Waals surface area contributed by atoms with Crippen LogP contribution in [0, 0.1) is 11.3 Å². The maximum Gasteiger partial charge on any atom is 0.335 e. The number of fused-ring (bicyclic) bond motifs is 1. The van der Waals surface area contributed by atoms with Crippen molar-refractivity contribution in [3.05, 3.63) is 58.9 Å². The summed E-state index contributed by atoms with van der Waals surface area (Å²) in [6.45, 7) is 0. The number of carboxylic acid groups (broad SMARTS) is 1. The molecule has 21 heavy (non-hydrogen) atoms. The lowest BCUT2D eigenvalue weighted by atomic mass is 10.2. The van der Waals surface area contributed by atoms with Crippen LogP contribution < -0.4 is 0 Å². The average molecular weight is 298 g/mol. The van der Waals surface area contributed by atoms with Gasteiger partial charge in [0.2, 0.25) is 0 Å². The number of carboxylic acids is 1. The molecule has 0 unspecified atom stereocenters. The molecule has 0 aliphatic carbocycles. The maximum atomic E-state index is 11.1. The third kappa shape index (κ3) is 2.22. The highest BCUT2D eigenvalue weighted by Crippen LogP contribution is 2.26. The van der Waals surface area contributed by atoms with E-state index in [4.69, 9.17) is 22.0 Å². The smallest absolute Gasteiger partial charge is 0.335 e. The SMILES string of the molecule is N#Cc1ccc(-n2cnc3ccc(C(=O)O)cc32)c(Cl)c1. The monoisotopic (exact) mass is 297 g/mol. The molecule has 1 N–H and O–H groups in total. The molecule has 1 heterocycles. The van der Waals surface area contributed by atoms with E-state index < -0.39 is 5.97 Å². The standard InChI is InChI=1S/C15H8ClN3O2/c16-11-5-9(7-17)1-4-13(11)19-8-18-12-3-2-10(15(20)21)6-14(12)19/h1-6,8H,(H,20,21). The van der Waals surface area contributed by atoms with Crippen LogP contribution in [0.1, 0.15) is 15.9 Å². The van der Waals surface area contributed by atoms with Crippen LogP contribution in [0.2, 0.25) is 5.02 Å². The van der Waals surface area contributed by atoms with Crippen molar-refractivity contribution in [3.8, 4) is 11.8 Å². The van der Waals surface area contributed by atoms with Crippen molar-refractivity contribution in [2.75, 3.05) is 0 Å². The number of nitrogens with zero attached hydrogens (tertiary/aromatic N) is 3. The molecular weight excluding hydrogens is 290 g/mol. The van der Waals surface area contributed by atoms with Gasteiger partial charge in [-0.25, -0.2) is 9.78 Å². The summed E-state index contributed by atoms with van der Waals surface area (Å²) in [6, 6.07) is 11.6. The number of halogens is 1. The summed E-state index contributed by atoms with van der Waals surface area (Å²) in [5.41, 5.74) is 2.58. The molecular formula is C15H8ClN3O2. The molecule has 3 aromatic rings. The molecule has 0 spiro atoms. The van der Waals surface area contributed by atoms with Gasteiger partial charge in [0, 0.05) is 0 Å². The number of rotatable bonds is 2. The minimum Gasteiger partial charge on any atom is -0.478 e. The summed E-state index contributed by atoms with van der Waals surface area (Å²) >= 11 is 6.19. The van der Waals surface area contributed by atoms with Crippen LogP contribution in [0.3, 0.4) is 0 Å². The Bertz CT molecular complexity index is 909. The molecule has 2 aromatic carbocycles. The van der Waals surface area contributed by atoms with Crippen LogP contribution in [-0.4, -0.2) is 20.6 Å². The fourth-order valence-corrected chi connectivity index (χ4v) is 2.38. The van der Waals surface area contributed by atoms with Gasteiger partial charge in [-0.2, -0.15) is 5.26 Å². The zero-order valence-corrected chi connectivity index (χ0v) is 11.4. The first-order valence-electron chi connectivity index (χ1n) is 6.00. The normalized spacial score (nSPS) is 10.5. The van der Waals surface area contributed by atoms with Crippen molar-refractivity contribution < 1.29 is 9.90 Å². The highest BCUT2D eigenvalue weighted by Gasteiger charge is 2.11. The maximum absolute atomic E-state index is 11.1. The van der Waals surface area contributed by atoms with Crippen LogP contribution in [0.15, 0.2) is 42.7 Å². The molecule has 0 aliphatic rings. The van der Waals surface area contributed by atoms with Crippen molar-refractivity contribution in [3.63, 3.8) is 0 Å². The number of aromatic carboxylic acids is 1. The van der Waals surface area contributed by atoms with E-state index in [0.717, 1.165) is 0 Å². The number of aromatic nitrogens is 2. The number of hydrogen-bond donors (Lipinski definition) is 1. The minimum atomic E-state index is -1.00. The number of imidazole rings is 1. The first-order chi connectivity index (χ1) is 10.1. The van der Waals surface area contributed by atoms with E-state index in [1.165, 1.54) is 6.07 Å². The van der Waals surface area contributed by atoms with Gasteiger partial charge in [-0.05, 0) is 36.4 Å². The molecule has 0 saturated heterocycles. The van der Waals surface area contributed by atoms with Crippen LogP contribution in [-0.2, 0) is 0 Å². The van der Waals surface area contributed by atoms with Gasteiger partial charge in [0.15, 0.2) is 0 Å². The van der Waals surface area contributed by atoms with Gasteiger partial charge in [0.05, 0.1) is 38.9 Å². The average Bonchev–Trinajstić information content (AvgIpc) is 2.89. The summed E-state index contributed by atoms with van der Waals surface area (Å²) in [6.07, 6.45) is 1.57. The Hall–Kier alpha value is -2.84. The van der Waals surface area contributed by atoms with Crippen molar-refractivity contribution in [1.29, 1.82) is 5.26 Å². The zero-order chi connectivity index (χ0) is 15.0. The number of nitriles is 1. The van der Waals surface area contributed by atoms with E-state index >= 15 is 0 Å².